The Morgan fingerprint density at radius 3 is 2.38 bits per heavy atom. The Labute approximate surface area is 164 Å². The second-order valence-electron chi connectivity index (χ2n) is 5.77. The van der Waals surface area contributed by atoms with Crippen molar-refractivity contribution < 1.29 is 39.6 Å². The molecule has 2 heterocycles. The third-order valence-electron chi connectivity index (χ3n) is 3.53. The molecule has 0 aliphatic rings. The molecule has 0 aliphatic heterocycles. The normalized spacial score (nSPS) is 13.7. The van der Waals surface area contributed by atoms with E-state index in [0.717, 1.165) is 10.8 Å². The number of pyridine rings is 1. The Bertz CT molecular complexity index is 1100. The Kier molecular flexibility index (Phi) is 6.28. The number of thiazole rings is 1. The van der Waals surface area contributed by atoms with E-state index < -0.39 is 56.4 Å². The predicted molar refractivity (Wildman–Crippen MR) is 89.9 cm³/mol. The van der Waals surface area contributed by atoms with Crippen LogP contribution < -0.4 is 4.80 Å². The van der Waals surface area contributed by atoms with Gasteiger partial charge in [0, 0.05) is 24.3 Å². The van der Waals surface area contributed by atoms with Crippen molar-refractivity contribution in [1.29, 1.82) is 0 Å². The molecule has 0 bridgehead atoms. The van der Waals surface area contributed by atoms with Gasteiger partial charge in [0.25, 0.3) is 5.91 Å². The van der Waals surface area contributed by atoms with Crippen LogP contribution in [0.2, 0.25) is 0 Å². The highest BCUT2D eigenvalue weighted by Crippen LogP contribution is 2.31. The molecule has 0 radical (unpaired) electrons. The maximum atomic E-state index is 12.9. The van der Waals surface area contributed by atoms with Crippen molar-refractivity contribution in [2.24, 2.45) is 12.0 Å². The Morgan fingerprint density at radius 1 is 1.24 bits per heavy atom. The molecule has 0 fully saturated rings. The monoisotopic (exact) mass is 461 g/mol. The zero-order chi connectivity index (χ0) is 22.2. The van der Waals surface area contributed by atoms with Gasteiger partial charge in [-0.15, -0.1) is 11.3 Å². The van der Waals surface area contributed by atoms with Gasteiger partial charge >= 0.3 is 12.4 Å². The van der Waals surface area contributed by atoms with Crippen LogP contribution >= 0.6 is 11.3 Å². The lowest BCUT2D eigenvalue weighted by molar-refractivity contribution is -0.138. The molecule has 6 nitrogen and oxygen atoms in total. The molecule has 0 aliphatic carbocycles. The Hall–Kier alpha value is -2.22. The van der Waals surface area contributed by atoms with Crippen molar-refractivity contribution in [3.8, 4) is 0 Å². The van der Waals surface area contributed by atoms with Crippen molar-refractivity contribution in [2.45, 2.75) is 30.6 Å². The third-order valence-corrected chi connectivity index (χ3v) is 6.35. The van der Waals surface area contributed by atoms with Gasteiger partial charge in [0.15, 0.2) is 14.6 Å². The molecule has 0 unspecified atom stereocenters. The van der Waals surface area contributed by atoms with Crippen molar-refractivity contribution in [3.63, 3.8) is 0 Å². The first-order valence-corrected chi connectivity index (χ1v) is 10.2. The van der Waals surface area contributed by atoms with Gasteiger partial charge in [-0.25, -0.2) is 13.4 Å². The van der Waals surface area contributed by atoms with Crippen LogP contribution in [0.25, 0.3) is 0 Å². The molecule has 2 rings (SSSR count). The van der Waals surface area contributed by atoms with E-state index in [9.17, 15) is 39.6 Å². The number of aryl methyl sites for hydroxylation is 1. The van der Waals surface area contributed by atoms with Crippen molar-refractivity contribution in [2.75, 3.05) is 5.75 Å². The summed E-state index contributed by atoms with van der Waals surface area (Å²) in [4.78, 5) is 18.0. The van der Waals surface area contributed by atoms with Gasteiger partial charge in [-0.05, 0) is 6.07 Å². The number of alkyl halides is 6. The highest BCUT2D eigenvalue weighted by Gasteiger charge is 2.34. The van der Waals surface area contributed by atoms with Crippen molar-refractivity contribution >= 4 is 27.1 Å². The number of carbonyl (C=O) groups is 1. The fourth-order valence-corrected chi connectivity index (χ4v) is 4.22. The van der Waals surface area contributed by atoms with Gasteiger partial charge in [0.1, 0.15) is 5.69 Å². The van der Waals surface area contributed by atoms with Gasteiger partial charge < -0.3 is 4.57 Å². The number of nitrogens with zero attached hydrogens (tertiary/aromatic N) is 3. The number of aromatic nitrogens is 2. The first kappa shape index (κ1) is 23.1. The molecule has 2 aromatic rings. The number of carbonyl (C=O) groups excluding carboxylic acids is 1. The fourth-order valence-electron chi connectivity index (χ4n) is 2.16. The van der Waals surface area contributed by atoms with Gasteiger partial charge in [0.05, 0.1) is 22.6 Å². The first-order valence-electron chi connectivity index (χ1n) is 7.75. The summed E-state index contributed by atoms with van der Waals surface area (Å²) >= 11 is 0.534. The summed E-state index contributed by atoms with van der Waals surface area (Å²) in [5.74, 6) is -1.89. The van der Waals surface area contributed by atoms with Gasteiger partial charge in [-0.1, -0.05) is 6.92 Å². The standard InChI is InChI=1S/C15H13F6N3O3S2/c1-3-29(26,27)10-4-8(15(19,20)21)6-22-11(10)12(25)23-13-24(2)7-9(28-13)5-14(16,17)18/h4,6-7H,3,5H2,1-2H3. The Balaban J connectivity index is 2.58. The molecule has 29 heavy (non-hydrogen) atoms. The van der Waals surface area contributed by atoms with E-state index in [0.29, 0.717) is 17.5 Å². The molecular weight excluding hydrogens is 448 g/mol. The Morgan fingerprint density at radius 2 is 1.86 bits per heavy atom. The van der Waals surface area contributed by atoms with E-state index in [4.69, 9.17) is 0 Å². The highest BCUT2D eigenvalue weighted by molar-refractivity contribution is 7.91. The molecule has 0 spiro atoms. The lowest BCUT2D eigenvalue weighted by Crippen LogP contribution is -2.18. The molecule has 0 saturated heterocycles. The largest absolute Gasteiger partial charge is 0.417 e. The minimum Gasteiger partial charge on any atom is -0.326 e. The highest BCUT2D eigenvalue weighted by atomic mass is 32.2. The lowest BCUT2D eigenvalue weighted by Gasteiger charge is -2.10. The number of hydrogen-bond donors (Lipinski definition) is 0. The minimum absolute atomic E-state index is 0.159. The summed E-state index contributed by atoms with van der Waals surface area (Å²) in [6, 6.07) is 0.290. The third kappa shape index (κ3) is 5.65. The van der Waals surface area contributed by atoms with Crippen LogP contribution in [0.3, 0.4) is 0 Å². The van der Waals surface area contributed by atoms with Gasteiger partial charge in [0.2, 0.25) is 0 Å². The predicted octanol–water partition coefficient (Wildman–Crippen LogP) is 3.14. The molecule has 0 N–H and O–H groups in total. The maximum absolute atomic E-state index is 12.9. The number of hydrogen-bond acceptors (Lipinski definition) is 5. The van der Waals surface area contributed by atoms with Crippen LogP contribution in [0.15, 0.2) is 28.3 Å². The maximum Gasteiger partial charge on any atom is 0.417 e. The van der Waals surface area contributed by atoms with Crippen LogP contribution in [-0.4, -0.2) is 35.8 Å². The van der Waals surface area contributed by atoms with Gasteiger partial charge in [-0.3, -0.25) is 4.79 Å². The van der Waals surface area contributed by atoms with Crippen LogP contribution in [0.1, 0.15) is 27.9 Å². The van der Waals surface area contributed by atoms with Crippen LogP contribution in [0.4, 0.5) is 26.3 Å². The summed E-state index contributed by atoms with van der Waals surface area (Å²) in [6.07, 6.45) is -9.26. The van der Waals surface area contributed by atoms with Crippen molar-refractivity contribution in [1.82, 2.24) is 9.55 Å². The molecule has 0 aromatic carbocycles. The lowest BCUT2D eigenvalue weighted by atomic mass is 10.2. The van der Waals surface area contributed by atoms with E-state index in [1.807, 2.05) is 0 Å². The molecule has 1 amide bonds. The molecule has 0 saturated carbocycles. The summed E-state index contributed by atoms with van der Waals surface area (Å²) in [5.41, 5.74) is -2.21. The topological polar surface area (TPSA) is 81.4 Å². The summed E-state index contributed by atoms with van der Waals surface area (Å²) in [7, 11) is -2.96. The molecular formula is C15H13F6N3O3S2. The van der Waals surface area contributed by atoms with Crippen LogP contribution in [-0.2, 0) is 29.5 Å². The minimum atomic E-state index is -4.89. The van der Waals surface area contributed by atoms with Crippen LogP contribution in [0.5, 0.6) is 0 Å². The molecule has 160 valence electrons. The quantitative estimate of drug-likeness (QED) is 0.656. The van der Waals surface area contributed by atoms with E-state index in [-0.39, 0.29) is 15.7 Å². The smallest absolute Gasteiger partial charge is 0.326 e. The summed E-state index contributed by atoms with van der Waals surface area (Å²) in [5, 5.41) is 0. The number of sulfone groups is 1. The first-order chi connectivity index (χ1) is 13.1. The number of amides is 1. The molecule has 0 atom stereocenters. The second kappa shape index (κ2) is 7.89. The molecule has 2 aromatic heterocycles. The van der Waals surface area contributed by atoms with E-state index in [1.165, 1.54) is 14.0 Å². The van der Waals surface area contributed by atoms with E-state index >= 15 is 0 Å². The average molecular weight is 461 g/mol. The van der Waals surface area contributed by atoms with Crippen molar-refractivity contribution in [3.05, 3.63) is 39.4 Å². The second-order valence-corrected chi connectivity index (χ2v) is 9.11. The average Bonchev–Trinajstić information content (AvgIpc) is 2.90. The number of rotatable bonds is 4. The zero-order valence-electron chi connectivity index (χ0n) is 14.8. The SMILES string of the molecule is CCS(=O)(=O)c1cc(C(F)(F)F)cnc1C(=O)N=c1sc(CC(F)(F)F)cn1C. The summed E-state index contributed by atoms with van der Waals surface area (Å²) < 4.78 is 102. The zero-order valence-corrected chi connectivity index (χ0v) is 16.4. The fraction of sp³-hybridized carbons (Fsp3) is 0.400. The molecule has 14 heteroatoms. The van der Waals surface area contributed by atoms with E-state index in [1.54, 1.807) is 0 Å². The van der Waals surface area contributed by atoms with Crippen LogP contribution in [0, 0.1) is 0 Å². The van der Waals surface area contributed by atoms with Gasteiger partial charge in [-0.2, -0.15) is 31.3 Å². The number of halogens is 6. The van der Waals surface area contributed by atoms with E-state index in [2.05, 4.69) is 9.98 Å². The summed E-state index contributed by atoms with van der Waals surface area (Å²) in [6.45, 7) is 1.17.